The summed E-state index contributed by atoms with van der Waals surface area (Å²) in [5.41, 5.74) is 8.08. The highest BCUT2D eigenvalue weighted by Crippen LogP contribution is 2.33. The molecule has 4 aromatic carbocycles. The van der Waals surface area contributed by atoms with Crippen LogP contribution in [0.2, 0.25) is 0 Å². The van der Waals surface area contributed by atoms with Crippen molar-refractivity contribution in [1.29, 1.82) is 0 Å². The molecule has 2 aliphatic heterocycles. The minimum atomic E-state index is -0.986. The Hall–Kier alpha value is -6.38. The molecule has 3 unspecified atom stereocenters. The van der Waals surface area contributed by atoms with Gasteiger partial charge in [-0.15, -0.1) is 0 Å². The molecule has 8 rings (SSSR count). The van der Waals surface area contributed by atoms with Gasteiger partial charge in [0.2, 0.25) is 35.4 Å². The SMILES string of the molecule is CN[C@@H](C)C(=O)NC(C(=O)N1CCC[C@H]1C(=O)NC1CCCc2ccccc21)c1ccc(CCc2ccc([C@H](NC(=O)[C@H](C)NC)C(=O)N3CCC[C@H]3C(=O)NC3CCCc4ccccc43)cc2)cc1. The van der Waals surface area contributed by atoms with Crippen molar-refractivity contribution in [2.45, 2.75) is 139 Å². The van der Waals surface area contributed by atoms with E-state index in [1.807, 2.05) is 72.8 Å². The quantitative estimate of drug-likeness (QED) is 0.0818. The number of aryl methyl sites for hydroxylation is 4. The Morgan fingerprint density at radius 2 is 0.900 bits per heavy atom. The summed E-state index contributed by atoms with van der Waals surface area (Å²) < 4.78 is 0. The molecule has 0 spiro atoms. The Kier molecular flexibility index (Phi) is 16.5. The van der Waals surface area contributed by atoms with E-state index in [4.69, 9.17) is 0 Å². The maximum Gasteiger partial charge on any atom is 0.250 e. The summed E-state index contributed by atoms with van der Waals surface area (Å²) in [6, 6.07) is 27.3. The summed E-state index contributed by atoms with van der Waals surface area (Å²) in [5, 5.41) is 18.4. The number of rotatable bonds is 17. The van der Waals surface area contributed by atoms with E-state index in [0.717, 1.165) is 60.8 Å². The van der Waals surface area contributed by atoms with Crippen molar-refractivity contribution in [2.24, 2.45) is 0 Å². The third-order valence-corrected chi connectivity index (χ3v) is 15.1. The lowest BCUT2D eigenvalue weighted by atomic mass is 9.87. The number of likely N-dealkylation sites (N-methyl/N-ethyl adjacent to an activating group) is 2. The van der Waals surface area contributed by atoms with Crippen LogP contribution < -0.4 is 31.9 Å². The molecule has 2 heterocycles. The molecule has 0 aromatic heterocycles. The molecule has 6 amide bonds. The Morgan fingerprint density at radius 3 is 1.29 bits per heavy atom. The average molecular weight is 951 g/mol. The Morgan fingerprint density at radius 1 is 0.514 bits per heavy atom. The molecule has 0 bridgehead atoms. The van der Waals surface area contributed by atoms with Gasteiger partial charge in [-0.3, -0.25) is 28.8 Å². The molecular formula is C56H70N8O6. The molecule has 6 N–H and O–H groups in total. The van der Waals surface area contributed by atoms with E-state index in [2.05, 4.69) is 56.2 Å². The van der Waals surface area contributed by atoms with E-state index >= 15 is 0 Å². The number of nitrogens with zero attached hydrogens (tertiary/aromatic N) is 2. The third-order valence-electron chi connectivity index (χ3n) is 15.1. The summed E-state index contributed by atoms with van der Waals surface area (Å²) in [7, 11) is 3.39. The number of likely N-dealkylation sites (tertiary alicyclic amines) is 2. The first-order valence-corrected chi connectivity index (χ1v) is 25.4. The molecular weight excluding hydrogens is 881 g/mol. The fourth-order valence-corrected chi connectivity index (χ4v) is 10.7. The predicted octanol–water partition coefficient (Wildman–Crippen LogP) is 5.37. The van der Waals surface area contributed by atoms with E-state index in [0.29, 0.717) is 62.7 Å². The van der Waals surface area contributed by atoms with Gasteiger partial charge >= 0.3 is 0 Å². The number of carbonyl (C=O) groups excluding carboxylic acids is 6. The molecule has 370 valence electrons. The topological polar surface area (TPSA) is 181 Å². The Bertz CT molecular complexity index is 2340. The van der Waals surface area contributed by atoms with Gasteiger partial charge in [-0.25, -0.2) is 0 Å². The number of benzene rings is 4. The normalized spacial score (nSPS) is 21.3. The highest BCUT2D eigenvalue weighted by molar-refractivity contribution is 5.95. The van der Waals surface area contributed by atoms with Crippen LogP contribution in [0, 0.1) is 0 Å². The van der Waals surface area contributed by atoms with Gasteiger partial charge in [0.15, 0.2) is 0 Å². The van der Waals surface area contributed by atoms with Crippen molar-refractivity contribution >= 4 is 35.4 Å². The van der Waals surface area contributed by atoms with E-state index in [1.54, 1.807) is 37.7 Å². The van der Waals surface area contributed by atoms with Crippen molar-refractivity contribution < 1.29 is 28.8 Å². The molecule has 4 aliphatic rings. The molecule has 70 heavy (non-hydrogen) atoms. The maximum atomic E-state index is 14.5. The second kappa shape index (κ2) is 23.0. The van der Waals surface area contributed by atoms with E-state index in [9.17, 15) is 28.8 Å². The summed E-state index contributed by atoms with van der Waals surface area (Å²) in [6.45, 7) is 4.32. The number of hydrogen-bond acceptors (Lipinski definition) is 8. The van der Waals surface area contributed by atoms with Crippen LogP contribution in [0.25, 0.3) is 0 Å². The minimum Gasteiger partial charge on any atom is -0.347 e. The maximum absolute atomic E-state index is 14.5. The van der Waals surface area contributed by atoms with Crippen LogP contribution in [0.15, 0.2) is 97.1 Å². The highest BCUT2D eigenvalue weighted by Gasteiger charge is 2.41. The summed E-state index contributed by atoms with van der Waals surface area (Å²) in [4.78, 5) is 86.7. The molecule has 4 aromatic rings. The second-order valence-electron chi connectivity index (χ2n) is 19.6. The first kappa shape index (κ1) is 50.0. The van der Waals surface area contributed by atoms with Crippen LogP contribution in [0.1, 0.15) is 134 Å². The van der Waals surface area contributed by atoms with Gasteiger partial charge in [0.1, 0.15) is 24.2 Å². The largest absolute Gasteiger partial charge is 0.347 e. The van der Waals surface area contributed by atoms with Gasteiger partial charge in [-0.2, -0.15) is 0 Å². The average Bonchev–Trinajstić information content (AvgIpc) is 4.10. The molecule has 2 saturated heterocycles. The highest BCUT2D eigenvalue weighted by atomic mass is 16.2. The smallest absolute Gasteiger partial charge is 0.250 e. The number of fused-ring (bicyclic) bond motifs is 2. The van der Waals surface area contributed by atoms with Crippen LogP contribution in [0.4, 0.5) is 0 Å². The summed E-state index contributed by atoms with van der Waals surface area (Å²) >= 11 is 0. The van der Waals surface area contributed by atoms with Crippen molar-refractivity contribution in [1.82, 2.24) is 41.7 Å². The fraction of sp³-hybridized carbons (Fsp3) is 0.464. The summed E-state index contributed by atoms with van der Waals surface area (Å²) in [5.74, 6) is -1.59. The minimum absolute atomic E-state index is 0.104. The van der Waals surface area contributed by atoms with Gasteiger partial charge in [0.05, 0.1) is 24.2 Å². The second-order valence-corrected chi connectivity index (χ2v) is 19.6. The van der Waals surface area contributed by atoms with Gasteiger partial charge in [-0.05, 0) is 150 Å². The van der Waals surface area contributed by atoms with Crippen LogP contribution in [-0.4, -0.2) is 96.6 Å². The first-order chi connectivity index (χ1) is 33.9. The van der Waals surface area contributed by atoms with Gasteiger partial charge in [0, 0.05) is 13.1 Å². The Balaban J connectivity index is 0.929. The molecule has 0 radical (unpaired) electrons. The zero-order chi connectivity index (χ0) is 49.3. The fourth-order valence-electron chi connectivity index (χ4n) is 10.7. The summed E-state index contributed by atoms with van der Waals surface area (Å²) in [6.07, 6.45) is 9.45. The molecule has 8 atom stereocenters. The molecule has 14 nitrogen and oxygen atoms in total. The van der Waals surface area contributed by atoms with Crippen molar-refractivity contribution in [3.8, 4) is 0 Å². The van der Waals surface area contributed by atoms with E-state index < -0.39 is 36.3 Å². The molecule has 2 aliphatic carbocycles. The van der Waals surface area contributed by atoms with Crippen LogP contribution in [0.5, 0.6) is 0 Å². The lowest BCUT2D eigenvalue weighted by Crippen LogP contribution is -2.52. The zero-order valence-electron chi connectivity index (χ0n) is 41.1. The number of nitrogens with one attached hydrogen (secondary N) is 6. The molecule has 0 saturated carbocycles. The first-order valence-electron chi connectivity index (χ1n) is 25.4. The third kappa shape index (κ3) is 11.5. The lowest BCUT2D eigenvalue weighted by molar-refractivity contribution is -0.142. The zero-order valence-corrected chi connectivity index (χ0v) is 41.1. The van der Waals surface area contributed by atoms with Gasteiger partial charge < -0.3 is 41.7 Å². The van der Waals surface area contributed by atoms with Gasteiger partial charge in [-0.1, -0.05) is 97.1 Å². The van der Waals surface area contributed by atoms with Crippen LogP contribution in [-0.2, 0) is 54.5 Å². The lowest BCUT2D eigenvalue weighted by Gasteiger charge is -2.32. The van der Waals surface area contributed by atoms with Crippen molar-refractivity contribution in [3.05, 3.63) is 142 Å². The number of carbonyl (C=O) groups is 6. The van der Waals surface area contributed by atoms with Crippen molar-refractivity contribution in [2.75, 3.05) is 27.2 Å². The Labute approximate surface area is 412 Å². The molecule has 14 heteroatoms. The number of amides is 6. The van der Waals surface area contributed by atoms with E-state index in [-0.39, 0.29) is 47.5 Å². The standard InChI is InChI=1S/C56H70N8O6/c1-35(57-3)51(65)61-49(55(69)63-33-11-21-47(63)53(67)59-45-19-9-15-39-13-5-7-17-43(39)45)41-29-25-37(26-30-41)23-24-38-27-31-42(32-28-38)50(62-52(66)36(2)58-4)56(70)64-34-12-22-48(64)54(68)60-46-20-10-16-40-14-6-8-18-44(40)46/h5-8,13-14,17-18,25-32,35-36,45-50,57-58H,9-12,15-16,19-24,33-34H2,1-4H3,(H,59,67)(H,60,68)(H,61,65)(H,62,66)/t35-,36-,45?,46?,47-,48-,49-,50?/m0/s1. The van der Waals surface area contributed by atoms with Crippen LogP contribution >= 0.6 is 0 Å². The van der Waals surface area contributed by atoms with Crippen molar-refractivity contribution in [3.63, 3.8) is 0 Å². The van der Waals surface area contributed by atoms with Gasteiger partial charge in [0.25, 0.3) is 0 Å². The predicted molar refractivity (Wildman–Crippen MR) is 269 cm³/mol. The monoisotopic (exact) mass is 951 g/mol. The van der Waals surface area contributed by atoms with Crippen LogP contribution in [0.3, 0.4) is 0 Å². The molecule has 2 fully saturated rings. The van der Waals surface area contributed by atoms with E-state index in [1.165, 1.54) is 11.1 Å². The number of hydrogen-bond donors (Lipinski definition) is 6.